The molecule has 2 N–H and O–H groups in total. The van der Waals surface area contributed by atoms with Crippen molar-refractivity contribution >= 4 is 22.9 Å². The van der Waals surface area contributed by atoms with E-state index in [1.165, 1.54) is 6.92 Å². The molecule has 2 aromatic rings. The van der Waals surface area contributed by atoms with Gasteiger partial charge in [0.25, 0.3) is 0 Å². The highest BCUT2D eigenvalue weighted by atomic mass is 16.5. The Morgan fingerprint density at radius 1 is 1.32 bits per heavy atom. The van der Waals surface area contributed by atoms with Crippen molar-refractivity contribution < 1.29 is 9.53 Å². The van der Waals surface area contributed by atoms with Gasteiger partial charge in [0.2, 0.25) is 17.7 Å². The molecule has 0 aliphatic rings. The first kappa shape index (κ1) is 16.0. The second kappa shape index (κ2) is 6.17. The van der Waals surface area contributed by atoms with Gasteiger partial charge in [-0.05, 0) is 20.8 Å². The third kappa shape index (κ3) is 3.44. The van der Waals surface area contributed by atoms with Gasteiger partial charge in [0.05, 0.1) is 18.8 Å². The Kier molecular flexibility index (Phi) is 4.48. The molecule has 0 aromatic carbocycles. The fourth-order valence-electron chi connectivity index (χ4n) is 2.02. The molecular formula is C14H22N6O2. The largest absolute Gasteiger partial charge is 0.480 e. The zero-order valence-corrected chi connectivity index (χ0v) is 13.6. The SMILES string of the molecule is COc1nc(NCCNC(C)=O)nc2c1cnn2C(C)(C)C. The lowest BCUT2D eigenvalue weighted by molar-refractivity contribution is -0.118. The minimum Gasteiger partial charge on any atom is -0.480 e. The first-order valence-electron chi connectivity index (χ1n) is 7.11. The molecule has 0 bridgehead atoms. The van der Waals surface area contributed by atoms with Crippen molar-refractivity contribution in [2.24, 2.45) is 0 Å². The van der Waals surface area contributed by atoms with Gasteiger partial charge >= 0.3 is 0 Å². The molecule has 0 radical (unpaired) electrons. The minimum atomic E-state index is -0.200. The van der Waals surface area contributed by atoms with E-state index in [-0.39, 0.29) is 11.4 Å². The number of methoxy groups -OCH3 is 1. The van der Waals surface area contributed by atoms with Crippen molar-refractivity contribution in [3.05, 3.63) is 6.20 Å². The molecular weight excluding hydrogens is 284 g/mol. The average Bonchev–Trinajstić information content (AvgIpc) is 2.86. The van der Waals surface area contributed by atoms with Crippen LogP contribution in [0.2, 0.25) is 0 Å². The molecule has 0 saturated carbocycles. The summed E-state index contributed by atoms with van der Waals surface area (Å²) < 4.78 is 7.16. The molecule has 0 spiro atoms. The molecule has 0 aliphatic carbocycles. The molecule has 0 aliphatic heterocycles. The van der Waals surface area contributed by atoms with Gasteiger partial charge in [-0.15, -0.1) is 0 Å². The minimum absolute atomic E-state index is 0.0680. The quantitative estimate of drug-likeness (QED) is 0.805. The lowest BCUT2D eigenvalue weighted by Crippen LogP contribution is -2.27. The van der Waals surface area contributed by atoms with Crippen LogP contribution in [0.15, 0.2) is 6.20 Å². The summed E-state index contributed by atoms with van der Waals surface area (Å²) in [5.74, 6) is 0.852. The third-order valence-electron chi connectivity index (χ3n) is 3.00. The van der Waals surface area contributed by atoms with Crippen LogP contribution in [-0.4, -0.2) is 45.9 Å². The van der Waals surface area contributed by atoms with Crippen LogP contribution in [0.5, 0.6) is 5.88 Å². The van der Waals surface area contributed by atoms with Crippen LogP contribution in [0.3, 0.4) is 0 Å². The van der Waals surface area contributed by atoms with E-state index in [1.54, 1.807) is 13.3 Å². The number of amides is 1. The third-order valence-corrected chi connectivity index (χ3v) is 3.00. The molecule has 0 saturated heterocycles. The van der Waals surface area contributed by atoms with Gasteiger partial charge in [-0.1, -0.05) is 0 Å². The predicted octanol–water partition coefficient (Wildman–Crippen LogP) is 1.14. The fraction of sp³-hybridized carbons (Fsp3) is 0.571. The summed E-state index contributed by atoms with van der Waals surface area (Å²) in [4.78, 5) is 19.7. The molecule has 0 unspecified atom stereocenters. The lowest BCUT2D eigenvalue weighted by Gasteiger charge is -2.20. The van der Waals surface area contributed by atoms with Crippen molar-refractivity contribution in [3.8, 4) is 5.88 Å². The second-order valence-electron chi connectivity index (χ2n) is 5.93. The van der Waals surface area contributed by atoms with Crippen LogP contribution in [0.25, 0.3) is 11.0 Å². The highest BCUT2D eigenvalue weighted by Gasteiger charge is 2.21. The second-order valence-corrected chi connectivity index (χ2v) is 5.93. The number of carbonyl (C=O) groups is 1. The Morgan fingerprint density at radius 3 is 2.64 bits per heavy atom. The van der Waals surface area contributed by atoms with Crippen molar-refractivity contribution in [2.75, 3.05) is 25.5 Å². The topological polar surface area (TPSA) is 94.0 Å². The van der Waals surface area contributed by atoms with Gasteiger partial charge in [0.15, 0.2) is 5.65 Å². The highest BCUT2D eigenvalue weighted by molar-refractivity contribution is 5.81. The monoisotopic (exact) mass is 306 g/mol. The number of nitrogens with zero attached hydrogens (tertiary/aromatic N) is 4. The van der Waals surface area contributed by atoms with Gasteiger partial charge in [-0.3, -0.25) is 4.79 Å². The van der Waals surface area contributed by atoms with Crippen LogP contribution in [-0.2, 0) is 10.3 Å². The number of rotatable bonds is 5. The molecule has 2 rings (SSSR count). The first-order valence-corrected chi connectivity index (χ1v) is 7.11. The summed E-state index contributed by atoms with van der Waals surface area (Å²) in [6.07, 6.45) is 1.71. The Balaban J connectivity index is 2.29. The number of fused-ring (bicyclic) bond motifs is 1. The number of aromatic nitrogens is 4. The molecule has 8 heteroatoms. The molecule has 22 heavy (non-hydrogen) atoms. The van der Waals surface area contributed by atoms with Crippen molar-refractivity contribution in [1.29, 1.82) is 0 Å². The van der Waals surface area contributed by atoms with Gasteiger partial charge < -0.3 is 15.4 Å². The van der Waals surface area contributed by atoms with E-state index in [4.69, 9.17) is 4.74 Å². The zero-order chi connectivity index (χ0) is 16.3. The number of hydrogen-bond acceptors (Lipinski definition) is 6. The standard InChI is InChI=1S/C14H22N6O2/c1-9(21)15-6-7-16-13-18-11-10(12(19-13)22-5)8-17-20(11)14(2,3)4/h8H,6-7H2,1-5H3,(H,15,21)(H,16,18,19). The van der Waals surface area contributed by atoms with Crippen LogP contribution < -0.4 is 15.4 Å². The molecule has 120 valence electrons. The van der Waals surface area contributed by atoms with E-state index >= 15 is 0 Å². The highest BCUT2D eigenvalue weighted by Crippen LogP contribution is 2.27. The summed E-state index contributed by atoms with van der Waals surface area (Å²) in [6.45, 7) is 8.66. The summed E-state index contributed by atoms with van der Waals surface area (Å²) >= 11 is 0. The summed E-state index contributed by atoms with van der Waals surface area (Å²) in [5.41, 5.74) is 0.510. The van der Waals surface area contributed by atoms with Crippen LogP contribution in [0, 0.1) is 0 Å². The molecule has 0 fully saturated rings. The van der Waals surface area contributed by atoms with Gasteiger partial charge in [0.1, 0.15) is 5.39 Å². The molecule has 2 aromatic heterocycles. The molecule has 8 nitrogen and oxygen atoms in total. The van der Waals surface area contributed by atoms with Gasteiger partial charge in [-0.2, -0.15) is 15.1 Å². The summed E-state index contributed by atoms with van der Waals surface area (Å²) in [5, 5.41) is 10.9. The number of hydrogen-bond donors (Lipinski definition) is 2. The molecule has 2 heterocycles. The van der Waals surface area contributed by atoms with Crippen LogP contribution in [0.4, 0.5) is 5.95 Å². The first-order chi connectivity index (χ1) is 10.3. The van der Waals surface area contributed by atoms with E-state index < -0.39 is 0 Å². The van der Waals surface area contributed by atoms with E-state index in [0.29, 0.717) is 30.6 Å². The number of nitrogens with one attached hydrogen (secondary N) is 2. The van der Waals surface area contributed by atoms with E-state index in [9.17, 15) is 4.79 Å². The van der Waals surface area contributed by atoms with Crippen molar-refractivity contribution in [2.45, 2.75) is 33.2 Å². The normalized spacial score (nSPS) is 11.5. The van der Waals surface area contributed by atoms with Crippen molar-refractivity contribution in [1.82, 2.24) is 25.1 Å². The number of carbonyl (C=O) groups excluding carboxylic acids is 1. The Bertz CT molecular complexity index is 674. The van der Waals surface area contributed by atoms with E-state index in [1.807, 2.05) is 4.68 Å². The average molecular weight is 306 g/mol. The Labute approximate surface area is 129 Å². The number of ether oxygens (including phenoxy) is 1. The smallest absolute Gasteiger partial charge is 0.229 e. The van der Waals surface area contributed by atoms with E-state index in [0.717, 1.165) is 5.39 Å². The maximum Gasteiger partial charge on any atom is 0.229 e. The predicted molar refractivity (Wildman–Crippen MR) is 84.0 cm³/mol. The van der Waals surface area contributed by atoms with Crippen LogP contribution in [0.1, 0.15) is 27.7 Å². The Morgan fingerprint density at radius 2 is 2.05 bits per heavy atom. The zero-order valence-electron chi connectivity index (χ0n) is 13.6. The fourth-order valence-corrected chi connectivity index (χ4v) is 2.02. The summed E-state index contributed by atoms with van der Waals surface area (Å²) in [6, 6.07) is 0. The lowest BCUT2D eigenvalue weighted by atomic mass is 10.1. The molecule has 0 atom stereocenters. The maximum atomic E-state index is 10.8. The summed E-state index contributed by atoms with van der Waals surface area (Å²) in [7, 11) is 1.57. The van der Waals surface area contributed by atoms with Crippen LogP contribution >= 0.6 is 0 Å². The Hall–Kier alpha value is -2.38. The molecule has 1 amide bonds. The van der Waals surface area contributed by atoms with Gasteiger partial charge in [-0.25, -0.2) is 4.68 Å². The van der Waals surface area contributed by atoms with Gasteiger partial charge in [0, 0.05) is 20.0 Å². The van der Waals surface area contributed by atoms with E-state index in [2.05, 4.69) is 46.5 Å². The maximum absolute atomic E-state index is 10.8. The number of anilines is 1. The van der Waals surface area contributed by atoms with Crippen molar-refractivity contribution in [3.63, 3.8) is 0 Å².